The monoisotopic (exact) mass is 277 g/mol. The maximum Gasteiger partial charge on any atom is 0.313 e. The van der Waals surface area contributed by atoms with E-state index in [-0.39, 0.29) is 18.5 Å². The normalized spacial score (nSPS) is 13.4. The lowest BCUT2D eigenvalue weighted by atomic mass is 9.87. The third-order valence-electron chi connectivity index (χ3n) is 3.61. The van der Waals surface area contributed by atoms with E-state index >= 15 is 0 Å². The van der Waals surface area contributed by atoms with Gasteiger partial charge in [-0.2, -0.15) is 0 Å². The van der Waals surface area contributed by atoms with E-state index < -0.39 is 5.41 Å². The summed E-state index contributed by atoms with van der Waals surface area (Å²) in [5.41, 5.74) is 0.286. The Morgan fingerprint density at radius 3 is 2.35 bits per heavy atom. The van der Waals surface area contributed by atoms with Gasteiger partial charge in [0.25, 0.3) is 0 Å². The molecule has 1 amide bonds. The molecule has 0 aliphatic carbocycles. The number of hydrogen-bond acceptors (Lipinski definition) is 3. The first-order valence-corrected chi connectivity index (χ1v) is 6.82. The van der Waals surface area contributed by atoms with Crippen LogP contribution in [-0.4, -0.2) is 30.4 Å². The van der Waals surface area contributed by atoms with Crippen LogP contribution < -0.4 is 0 Å². The minimum atomic E-state index is -0.671. The molecule has 20 heavy (non-hydrogen) atoms. The summed E-state index contributed by atoms with van der Waals surface area (Å²) < 4.78 is 5.39. The van der Waals surface area contributed by atoms with Crippen molar-refractivity contribution in [1.82, 2.24) is 4.90 Å². The number of carbonyl (C=O) groups is 2. The van der Waals surface area contributed by atoms with Crippen LogP contribution in [-0.2, 0) is 20.9 Å². The van der Waals surface area contributed by atoms with Gasteiger partial charge in [-0.15, -0.1) is 0 Å². The molecule has 0 saturated carbocycles. The van der Waals surface area contributed by atoms with Gasteiger partial charge in [-0.3, -0.25) is 9.59 Å². The Morgan fingerprint density at radius 2 is 1.85 bits per heavy atom. The molecule has 0 radical (unpaired) electrons. The number of benzene rings is 1. The third kappa shape index (κ3) is 4.37. The van der Waals surface area contributed by atoms with Crippen molar-refractivity contribution in [2.75, 3.05) is 13.6 Å². The number of carbonyl (C=O) groups excluding carboxylic acids is 2. The molecular formula is C16H23NO3. The number of nitrogens with zero attached hydrogens (tertiary/aromatic N) is 1. The van der Waals surface area contributed by atoms with Crippen LogP contribution in [0.4, 0.5) is 0 Å². The van der Waals surface area contributed by atoms with Gasteiger partial charge in [-0.1, -0.05) is 37.3 Å². The van der Waals surface area contributed by atoms with Gasteiger partial charge >= 0.3 is 5.97 Å². The fourth-order valence-corrected chi connectivity index (χ4v) is 1.85. The number of hydrogen-bond donors (Lipinski definition) is 0. The van der Waals surface area contributed by atoms with Gasteiger partial charge in [0.1, 0.15) is 6.61 Å². The van der Waals surface area contributed by atoms with Gasteiger partial charge in [0.2, 0.25) is 5.91 Å². The molecule has 4 heteroatoms. The molecule has 0 bridgehead atoms. The summed E-state index contributed by atoms with van der Waals surface area (Å²) in [7, 11) is 1.70. The highest BCUT2D eigenvalue weighted by atomic mass is 16.5. The molecule has 110 valence electrons. The van der Waals surface area contributed by atoms with E-state index in [1.165, 1.54) is 6.92 Å². The van der Waals surface area contributed by atoms with Crippen LogP contribution in [0.3, 0.4) is 0 Å². The molecular weight excluding hydrogens is 254 g/mol. The first-order valence-electron chi connectivity index (χ1n) is 6.82. The molecule has 0 heterocycles. The molecule has 1 unspecified atom stereocenters. The predicted molar refractivity (Wildman–Crippen MR) is 77.9 cm³/mol. The van der Waals surface area contributed by atoms with Gasteiger partial charge in [-0.25, -0.2) is 0 Å². The molecule has 0 aliphatic rings. The summed E-state index contributed by atoms with van der Waals surface area (Å²) in [6.45, 7) is 5.88. The quantitative estimate of drug-likeness (QED) is 0.751. The van der Waals surface area contributed by atoms with Gasteiger partial charge in [0.05, 0.1) is 5.41 Å². The second kappa shape index (κ2) is 7.08. The Bertz CT molecular complexity index is 458. The SMILES string of the molecule is CCC(C)(CN(C)C(C)=O)C(=O)OCc1ccccc1. The minimum absolute atomic E-state index is 0.0551. The largest absolute Gasteiger partial charge is 0.460 e. The molecule has 4 nitrogen and oxygen atoms in total. The fraction of sp³-hybridized carbons (Fsp3) is 0.500. The van der Waals surface area contributed by atoms with Crippen LogP contribution in [0.15, 0.2) is 30.3 Å². The highest BCUT2D eigenvalue weighted by molar-refractivity contribution is 5.78. The smallest absolute Gasteiger partial charge is 0.313 e. The summed E-state index contributed by atoms with van der Waals surface area (Å²) in [6.07, 6.45) is 0.623. The molecule has 0 N–H and O–H groups in total. The van der Waals surface area contributed by atoms with E-state index in [2.05, 4.69) is 0 Å². The zero-order chi connectivity index (χ0) is 15.2. The summed E-state index contributed by atoms with van der Waals surface area (Å²) in [4.78, 5) is 25.1. The lowest BCUT2D eigenvalue weighted by molar-refractivity contribution is -0.158. The predicted octanol–water partition coefficient (Wildman–Crippen LogP) is 2.62. The van der Waals surface area contributed by atoms with Crippen molar-refractivity contribution in [1.29, 1.82) is 0 Å². The van der Waals surface area contributed by atoms with Gasteiger partial charge in [-0.05, 0) is 18.9 Å². The van der Waals surface area contributed by atoms with Crippen molar-refractivity contribution in [2.45, 2.75) is 33.8 Å². The maximum atomic E-state index is 12.3. The average molecular weight is 277 g/mol. The van der Waals surface area contributed by atoms with Crippen molar-refractivity contribution in [3.8, 4) is 0 Å². The van der Waals surface area contributed by atoms with Crippen LogP contribution >= 0.6 is 0 Å². The Hall–Kier alpha value is -1.84. The Morgan fingerprint density at radius 1 is 1.25 bits per heavy atom. The van der Waals surface area contributed by atoms with Crippen LogP contribution in [0.1, 0.15) is 32.8 Å². The fourth-order valence-electron chi connectivity index (χ4n) is 1.85. The van der Waals surface area contributed by atoms with E-state index in [0.29, 0.717) is 13.0 Å². The van der Waals surface area contributed by atoms with Crippen molar-refractivity contribution in [3.63, 3.8) is 0 Å². The average Bonchev–Trinajstić information content (AvgIpc) is 2.45. The van der Waals surface area contributed by atoms with E-state index in [9.17, 15) is 9.59 Å². The van der Waals surface area contributed by atoms with Crippen LogP contribution in [0.5, 0.6) is 0 Å². The molecule has 1 rings (SSSR count). The number of rotatable bonds is 6. The number of ether oxygens (including phenoxy) is 1. The van der Waals surface area contributed by atoms with Crippen LogP contribution in [0.25, 0.3) is 0 Å². The molecule has 0 aliphatic heterocycles. The topological polar surface area (TPSA) is 46.6 Å². The molecule has 0 fully saturated rings. The summed E-state index contributed by atoms with van der Waals surface area (Å²) in [6, 6.07) is 9.57. The maximum absolute atomic E-state index is 12.3. The summed E-state index contributed by atoms with van der Waals surface area (Å²) in [5.74, 6) is -0.322. The Kier molecular flexibility index (Phi) is 5.74. The second-order valence-electron chi connectivity index (χ2n) is 5.35. The van der Waals surface area contributed by atoms with Crippen molar-refractivity contribution < 1.29 is 14.3 Å². The number of amides is 1. The molecule has 1 aromatic rings. The molecule has 0 spiro atoms. The third-order valence-corrected chi connectivity index (χ3v) is 3.61. The molecule has 1 atom stereocenters. The van der Waals surface area contributed by atoms with Gasteiger partial charge in [0, 0.05) is 20.5 Å². The van der Waals surface area contributed by atoms with E-state index in [1.54, 1.807) is 11.9 Å². The zero-order valence-corrected chi connectivity index (χ0v) is 12.7. The van der Waals surface area contributed by atoms with E-state index in [1.807, 2.05) is 44.2 Å². The lowest BCUT2D eigenvalue weighted by Crippen LogP contribution is -2.41. The Balaban J connectivity index is 2.64. The van der Waals surface area contributed by atoms with Crippen molar-refractivity contribution >= 4 is 11.9 Å². The molecule has 1 aromatic carbocycles. The second-order valence-corrected chi connectivity index (χ2v) is 5.35. The van der Waals surface area contributed by atoms with Gasteiger partial charge in [0.15, 0.2) is 0 Å². The summed E-state index contributed by atoms with van der Waals surface area (Å²) in [5, 5.41) is 0. The Labute approximate surface area is 120 Å². The van der Waals surface area contributed by atoms with E-state index in [0.717, 1.165) is 5.56 Å². The highest BCUT2D eigenvalue weighted by Gasteiger charge is 2.35. The minimum Gasteiger partial charge on any atom is -0.460 e. The lowest BCUT2D eigenvalue weighted by Gasteiger charge is -2.30. The van der Waals surface area contributed by atoms with Crippen LogP contribution in [0.2, 0.25) is 0 Å². The van der Waals surface area contributed by atoms with Gasteiger partial charge < -0.3 is 9.64 Å². The van der Waals surface area contributed by atoms with Crippen molar-refractivity contribution in [2.24, 2.45) is 5.41 Å². The standard InChI is InChI=1S/C16H23NO3/c1-5-16(3,12-17(4)13(2)18)15(19)20-11-14-9-7-6-8-10-14/h6-10H,5,11-12H2,1-4H3. The zero-order valence-electron chi connectivity index (χ0n) is 12.7. The van der Waals surface area contributed by atoms with Crippen LogP contribution in [0, 0.1) is 5.41 Å². The molecule has 0 aromatic heterocycles. The molecule has 0 saturated heterocycles. The highest BCUT2D eigenvalue weighted by Crippen LogP contribution is 2.25. The van der Waals surface area contributed by atoms with Crippen molar-refractivity contribution in [3.05, 3.63) is 35.9 Å². The first kappa shape index (κ1) is 16.2. The first-order chi connectivity index (χ1) is 9.39. The van der Waals surface area contributed by atoms with E-state index in [4.69, 9.17) is 4.74 Å². The number of esters is 1. The summed E-state index contributed by atoms with van der Waals surface area (Å²) >= 11 is 0.